The first-order valence-corrected chi connectivity index (χ1v) is 7.86. The molecule has 5 heteroatoms. The van der Waals surface area contributed by atoms with Crippen molar-refractivity contribution < 1.29 is 13.9 Å². The highest BCUT2D eigenvalue weighted by molar-refractivity contribution is 5.90. The summed E-state index contributed by atoms with van der Waals surface area (Å²) in [6.45, 7) is 6.61. The van der Waals surface area contributed by atoms with Crippen LogP contribution in [0, 0.1) is 6.92 Å². The zero-order valence-electron chi connectivity index (χ0n) is 13.6. The minimum Gasteiger partial charge on any atom is -0.467 e. The van der Waals surface area contributed by atoms with Gasteiger partial charge in [-0.05, 0) is 24.6 Å². The maximum absolute atomic E-state index is 11.7. The summed E-state index contributed by atoms with van der Waals surface area (Å²) in [6.07, 6.45) is 1.55. The maximum atomic E-state index is 11.7. The van der Waals surface area contributed by atoms with Crippen molar-refractivity contribution in [2.75, 3.05) is 38.2 Å². The number of hydrogen-bond acceptors (Lipinski definition) is 5. The Balaban J connectivity index is 1.61. The van der Waals surface area contributed by atoms with E-state index in [0.29, 0.717) is 17.9 Å². The van der Waals surface area contributed by atoms with Crippen LogP contribution in [-0.2, 0) is 11.3 Å². The highest BCUT2D eigenvalue weighted by atomic mass is 16.5. The van der Waals surface area contributed by atoms with Crippen LogP contribution in [0.5, 0.6) is 0 Å². The molecule has 23 heavy (non-hydrogen) atoms. The Labute approximate surface area is 136 Å². The average molecular weight is 314 g/mol. The summed E-state index contributed by atoms with van der Waals surface area (Å²) in [6, 6.07) is 10.1. The highest BCUT2D eigenvalue weighted by Crippen LogP contribution is 2.22. The number of benzene rings is 1. The van der Waals surface area contributed by atoms with E-state index in [0.717, 1.165) is 26.2 Å². The Kier molecular flexibility index (Phi) is 4.67. The van der Waals surface area contributed by atoms with E-state index in [1.165, 1.54) is 18.4 Å². The molecule has 0 saturated carbocycles. The van der Waals surface area contributed by atoms with Gasteiger partial charge in [0.15, 0.2) is 0 Å². The molecule has 2 heterocycles. The lowest BCUT2D eigenvalue weighted by molar-refractivity contribution is 0.0596. The summed E-state index contributed by atoms with van der Waals surface area (Å²) >= 11 is 0. The monoisotopic (exact) mass is 314 g/mol. The van der Waals surface area contributed by atoms with Gasteiger partial charge in [-0.15, -0.1) is 0 Å². The molecule has 1 aliphatic heterocycles. The first kappa shape index (κ1) is 15.6. The molecular weight excluding hydrogens is 292 g/mol. The topological polar surface area (TPSA) is 45.9 Å². The van der Waals surface area contributed by atoms with Crippen LogP contribution >= 0.6 is 0 Å². The van der Waals surface area contributed by atoms with Crippen molar-refractivity contribution in [1.29, 1.82) is 0 Å². The quantitative estimate of drug-likeness (QED) is 0.812. The number of methoxy groups -OCH3 is 1. The number of carbonyl (C=O) groups is 1. The van der Waals surface area contributed by atoms with Crippen molar-refractivity contribution in [3.63, 3.8) is 0 Å². The average Bonchev–Trinajstić information content (AvgIpc) is 3.03. The number of para-hydroxylation sites is 1. The molecule has 0 atom stereocenters. The fourth-order valence-electron chi connectivity index (χ4n) is 3.02. The zero-order valence-corrected chi connectivity index (χ0v) is 13.6. The number of esters is 1. The number of piperazine rings is 1. The SMILES string of the molecule is COC(=O)c1ccoc1CN1CCN(c2ccccc2C)CC1. The molecule has 1 fully saturated rings. The Bertz CT molecular complexity index is 672. The second-order valence-electron chi connectivity index (χ2n) is 5.80. The summed E-state index contributed by atoms with van der Waals surface area (Å²) in [5.74, 6) is 0.341. The molecule has 0 N–H and O–H groups in total. The highest BCUT2D eigenvalue weighted by Gasteiger charge is 2.22. The van der Waals surface area contributed by atoms with E-state index in [9.17, 15) is 4.79 Å². The zero-order chi connectivity index (χ0) is 16.2. The predicted octanol–water partition coefficient (Wildman–Crippen LogP) is 2.70. The lowest BCUT2D eigenvalue weighted by atomic mass is 10.1. The molecule has 0 unspecified atom stereocenters. The predicted molar refractivity (Wildman–Crippen MR) is 88.7 cm³/mol. The Morgan fingerprint density at radius 3 is 2.61 bits per heavy atom. The molecule has 0 radical (unpaired) electrons. The summed E-state index contributed by atoms with van der Waals surface area (Å²) in [7, 11) is 1.39. The van der Waals surface area contributed by atoms with Crippen molar-refractivity contribution in [3.05, 3.63) is 53.5 Å². The molecule has 0 aliphatic carbocycles. The van der Waals surface area contributed by atoms with E-state index in [1.54, 1.807) is 12.3 Å². The van der Waals surface area contributed by atoms with Crippen LogP contribution in [-0.4, -0.2) is 44.2 Å². The summed E-state index contributed by atoms with van der Waals surface area (Å²) in [5.41, 5.74) is 3.13. The third kappa shape index (κ3) is 3.40. The van der Waals surface area contributed by atoms with Crippen molar-refractivity contribution in [3.8, 4) is 0 Å². The second kappa shape index (κ2) is 6.87. The number of furan rings is 1. The van der Waals surface area contributed by atoms with Crippen LogP contribution in [0.25, 0.3) is 0 Å². The minimum absolute atomic E-state index is 0.340. The van der Waals surface area contributed by atoms with E-state index in [2.05, 4.69) is 41.0 Å². The molecule has 122 valence electrons. The first-order chi connectivity index (χ1) is 11.2. The van der Waals surface area contributed by atoms with Crippen molar-refractivity contribution in [1.82, 2.24) is 4.90 Å². The third-order valence-corrected chi connectivity index (χ3v) is 4.35. The van der Waals surface area contributed by atoms with Gasteiger partial charge in [0.1, 0.15) is 11.3 Å². The number of aryl methyl sites for hydroxylation is 1. The van der Waals surface area contributed by atoms with E-state index in [1.807, 2.05) is 0 Å². The Hall–Kier alpha value is -2.27. The van der Waals surface area contributed by atoms with Crippen LogP contribution in [0.1, 0.15) is 21.7 Å². The molecule has 1 aromatic carbocycles. The first-order valence-electron chi connectivity index (χ1n) is 7.86. The van der Waals surface area contributed by atoms with Crippen molar-refractivity contribution in [2.24, 2.45) is 0 Å². The van der Waals surface area contributed by atoms with Crippen LogP contribution in [0.4, 0.5) is 5.69 Å². The van der Waals surface area contributed by atoms with Crippen LogP contribution < -0.4 is 4.90 Å². The second-order valence-corrected chi connectivity index (χ2v) is 5.80. The van der Waals surface area contributed by atoms with E-state index >= 15 is 0 Å². The number of anilines is 1. The van der Waals surface area contributed by atoms with Gasteiger partial charge >= 0.3 is 5.97 Å². The Morgan fingerprint density at radius 1 is 1.17 bits per heavy atom. The maximum Gasteiger partial charge on any atom is 0.341 e. The van der Waals surface area contributed by atoms with Gasteiger partial charge in [0, 0.05) is 31.9 Å². The van der Waals surface area contributed by atoms with Crippen LogP contribution in [0.2, 0.25) is 0 Å². The Morgan fingerprint density at radius 2 is 1.91 bits per heavy atom. The normalized spacial score (nSPS) is 15.7. The number of rotatable bonds is 4. The van der Waals surface area contributed by atoms with Crippen molar-refractivity contribution in [2.45, 2.75) is 13.5 Å². The third-order valence-electron chi connectivity index (χ3n) is 4.35. The molecule has 1 aliphatic rings. The van der Waals surface area contributed by atoms with Gasteiger partial charge < -0.3 is 14.1 Å². The lowest BCUT2D eigenvalue weighted by Gasteiger charge is -2.36. The largest absolute Gasteiger partial charge is 0.467 e. The molecule has 1 saturated heterocycles. The lowest BCUT2D eigenvalue weighted by Crippen LogP contribution is -2.46. The molecule has 1 aromatic heterocycles. The number of hydrogen-bond donors (Lipinski definition) is 0. The van der Waals surface area contributed by atoms with Gasteiger partial charge in [0.05, 0.1) is 19.9 Å². The molecular formula is C18H22N2O3. The molecule has 3 rings (SSSR count). The molecule has 0 amide bonds. The van der Waals surface area contributed by atoms with E-state index < -0.39 is 0 Å². The number of ether oxygens (including phenoxy) is 1. The molecule has 0 bridgehead atoms. The minimum atomic E-state index is -0.340. The van der Waals surface area contributed by atoms with Gasteiger partial charge in [-0.1, -0.05) is 18.2 Å². The standard InChI is InChI=1S/C18H22N2O3/c1-14-5-3-4-6-16(14)20-10-8-19(9-11-20)13-17-15(7-12-23-17)18(21)22-2/h3-7,12H,8-11,13H2,1-2H3. The number of nitrogens with zero attached hydrogens (tertiary/aromatic N) is 2. The van der Waals surface area contributed by atoms with Crippen molar-refractivity contribution >= 4 is 11.7 Å². The summed E-state index contributed by atoms with van der Waals surface area (Å²) in [4.78, 5) is 16.4. The summed E-state index contributed by atoms with van der Waals surface area (Å²) in [5, 5.41) is 0. The van der Waals surface area contributed by atoms with E-state index in [4.69, 9.17) is 9.15 Å². The van der Waals surface area contributed by atoms with Gasteiger partial charge in [0.2, 0.25) is 0 Å². The number of carbonyl (C=O) groups excluding carboxylic acids is 1. The summed E-state index contributed by atoms with van der Waals surface area (Å²) < 4.78 is 10.3. The van der Waals surface area contributed by atoms with Crippen LogP contribution in [0.15, 0.2) is 41.0 Å². The molecule has 5 nitrogen and oxygen atoms in total. The fourth-order valence-corrected chi connectivity index (χ4v) is 3.02. The van der Waals surface area contributed by atoms with E-state index in [-0.39, 0.29) is 5.97 Å². The molecule has 0 spiro atoms. The smallest absolute Gasteiger partial charge is 0.341 e. The van der Waals surface area contributed by atoms with Gasteiger partial charge in [-0.3, -0.25) is 4.90 Å². The van der Waals surface area contributed by atoms with Gasteiger partial charge in [0.25, 0.3) is 0 Å². The fraction of sp³-hybridized carbons (Fsp3) is 0.389. The molecule has 2 aromatic rings. The van der Waals surface area contributed by atoms with Crippen LogP contribution in [0.3, 0.4) is 0 Å². The van der Waals surface area contributed by atoms with Gasteiger partial charge in [-0.25, -0.2) is 4.79 Å². The van der Waals surface area contributed by atoms with Gasteiger partial charge in [-0.2, -0.15) is 0 Å².